The zero-order chi connectivity index (χ0) is 22.2. The third-order valence-corrected chi connectivity index (χ3v) is 6.27. The maximum absolute atomic E-state index is 13.2. The number of rotatable bonds is 5. The number of nitrogens with one attached hydrogen (secondary N) is 3. The predicted octanol–water partition coefficient (Wildman–Crippen LogP) is 0.821. The fourth-order valence-corrected chi connectivity index (χ4v) is 4.59. The average molecular weight is 436 g/mol. The molecule has 0 bridgehead atoms. The second-order valence-electron chi connectivity index (χ2n) is 8.30. The Balaban J connectivity index is 1.33. The number of nitrogens with zero attached hydrogens (tertiary/aromatic N) is 3. The summed E-state index contributed by atoms with van der Waals surface area (Å²) in [6.45, 7) is 2.36. The first-order valence-electron chi connectivity index (χ1n) is 10.9. The smallest absolute Gasteiger partial charge is 0.264 e. The van der Waals surface area contributed by atoms with Crippen LogP contribution in [0.1, 0.15) is 58.1 Å². The molecule has 1 atom stereocenters. The minimum absolute atomic E-state index is 0.0919. The highest BCUT2D eigenvalue weighted by atomic mass is 16.2. The number of carbonyl (C=O) groups excluding carboxylic acids is 4. The molecule has 32 heavy (non-hydrogen) atoms. The van der Waals surface area contributed by atoms with Gasteiger partial charge in [-0.3, -0.25) is 34.1 Å². The number of hydrogen-bond acceptors (Lipinski definition) is 7. The molecule has 3 aliphatic heterocycles. The first-order valence-corrected chi connectivity index (χ1v) is 10.9. The van der Waals surface area contributed by atoms with Gasteiger partial charge in [0.25, 0.3) is 11.8 Å². The molecule has 0 spiro atoms. The highest BCUT2D eigenvalue weighted by Gasteiger charge is 2.45. The molecule has 1 aromatic carbocycles. The van der Waals surface area contributed by atoms with Crippen molar-refractivity contribution in [3.8, 4) is 0 Å². The molecule has 0 radical (unpaired) electrons. The number of piperidine rings is 2. The monoisotopic (exact) mass is 436 g/mol. The first-order chi connectivity index (χ1) is 15.5. The van der Waals surface area contributed by atoms with Crippen LogP contribution in [-0.4, -0.2) is 57.4 Å². The van der Waals surface area contributed by atoms with Gasteiger partial charge in [0.05, 0.1) is 29.4 Å². The summed E-state index contributed by atoms with van der Waals surface area (Å²) in [5.74, 6) is -2.05. The van der Waals surface area contributed by atoms with E-state index in [1.165, 1.54) is 0 Å². The van der Waals surface area contributed by atoms with Crippen LogP contribution in [0.4, 0.5) is 5.69 Å². The Morgan fingerprint density at radius 1 is 1.03 bits per heavy atom. The van der Waals surface area contributed by atoms with E-state index in [0.717, 1.165) is 36.5 Å². The SMILES string of the molecule is O=C1CCC(N2C(=O)c3cccc(NCc4ccn(C5CCNCC5)n4)c3C2=O)C(=O)N1. The van der Waals surface area contributed by atoms with Crippen molar-refractivity contribution in [2.24, 2.45) is 0 Å². The van der Waals surface area contributed by atoms with E-state index in [0.29, 0.717) is 18.3 Å². The van der Waals surface area contributed by atoms with Crippen molar-refractivity contribution < 1.29 is 19.2 Å². The molecule has 2 fully saturated rings. The van der Waals surface area contributed by atoms with Crippen LogP contribution in [0.25, 0.3) is 0 Å². The molecule has 2 aromatic rings. The number of fused-ring (bicyclic) bond motifs is 1. The molecular weight excluding hydrogens is 412 g/mol. The predicted molar refractivity (Wildman–Crippen MR) is 114 cm³/mol. The molecule has 3 N–H and O–H groups in total. The van der Waals surface area contributed by atoms with Crippen LogP contribution >= 0.6 is 0 Å². The fourth-order valence-electron chi connectivity index (χ4n) is 4.59. The van der Waals surface area contributed by atoms with Crippen molar-refractivity contribution in [2.45, 2.75) is 44.3 Å². The van der Waals surface area contributed by atoms with Crippen LogP contribution in [0.3, 0.4) is 0 Å². The molecule has 0 aliphatic carbocycles. The Labute approximate surface area is 184 Å². The van der Waals surface area contributed by atoms with Crippen LogP contribution in [0.2, 0.25) is 0 Å². The van der Waals surface area contributed by atoms with Crippen molar-refractivity contribution in [2.75, 3.05) is 18.4 Å². The zero-order valence-electron chi connectivity index (χ0n) is 17.5. The number of benzene rings is 1. The minimum atomic E-state index is -0.978. The Hall–Kier alpha value is -3.53. The van der Waals surface area contributed by atoms with Gasteiger partial charge in [-0.05, 0) is 50.6 Å². The second kappa shape index (κ2) is 8.19. The van der Waals surface area contributed by atoms with Crippen molar-refractivity contribution >= 4 is 29.3 Å². The summed E-state index contributed by atoms with van der Waals surface area (Å²) >= 11 is 0. The fraction of sp³-hybridized carbons (Fsp3) is 0.409. The summed E-state index contributed by atoms with van der Waals surface area (Å²) in [5, 5.41) is 13.4. The van der Waals surface area contributed by atoms with E-state index in [1.54, 1.807) is 18.2 Å². The van der Waals surface area contributed by atoms with Crippen LogP contribution < -0.4 is 16.0 Å². The summed E-state index contributed by atoms with van der Waals surface area (Å²) in [6.07, 6.45) is 4.27. The van der Waals surface area contributed by atoms with Gasteiger partial charge in [-0.1, -0.05) is 6.07 Å². The lowest BCUT2D eigenvalue weighted by Gasteiger charge is -2.27. The van der Waals surface area contributed by atoms with E-state index in [4.69, 9.17) is 0 Å². The lowest BCUT2D eigenvalue weighted by Crippen LogP contribution is -2.54. The number of hydrogen-bond donors (Lipinski definition) is 3. The topological polar surface area (TPSA) is 125 Å². The van der Waals surface area contributed by atoms with Gasteiger partial charge in [0.15, 0.2) is 0 Å². The molecule has 5 rings (SSSR count). The largest absolute Gasteiger partial charge is 0.379 e. The summed E-state index contributed by atoms with van der Waals surface area (Å²) in [6, 6.07) is 6.37. The molecule has 166 valence electrons. The standard InChI is InChI=1S/C22H24N6O4/c29-18-5-4-17(20(30)25-18)28-21(31)15-2-1-3-16(19(15)22(28)32)24-12-13-8-11-27(26-13)14-6-9-23-10-7-14/h1-3,8,11,14,17,23-24H,4-7,9-10,12H2,(H,25,29,30). The molecule has 0 saturated carbocycles. The number of amides is 4. The molecule has 10 heteroatoms. The number of aromatic nitrogens is 2. The molecule has 10 nitrogen and oxygen atoms in total. The number of imide groups is 2. The molecule has 4 heterocycles. The van der Waals surface area contributed by atoms with E-state index < -0.39 is 29.7 Å². The van der Waals surface area contributed by atoms with Crippen molar-refractivity contribution in [3.63, 3.8) is 0 Å². The van der Waals surface area contributed by atoms with Crippen molar-refractivity contribution in [1.82, 2.24) is 25.3 Å². The lowest BCUT2D eigenvalue weighted by molar-refractivity contribution is -0.136. The van der Waals surface area contributed by atoms with Crippen LogP contribution in [0, 0.1) is 0 Å². The third-order valence-electron chi connectivity index (χ3n) is 6.27. The van der Waals surface area contributed by atoms with Crippen LogP contribution in [0.15, 0.2) is 30.5 Å². The molecule has 3 aliphatic rings. The minimum Gasteiger partial charge on any atom is -0.379 e. The highest BCUT2D eigenvalue weighted by Crippen LogP contribution is 2.32. The van der Waals surface area contributed by atoms with Crippen LogP contribution in [0.5, 0.6) is 0 Å². The van der Waals surface area contributed by atoms with E-state index in [-0.39, 0.29) is 24.0 Å². The van der Waals surface area contributed by atoms with Gasteiger partial charge in [-0.25, -0.2) is 0 Å². The molecule has 4 amide bonds. The van der Waals surface area contributed by atoms with E-state index in [1.807, 2.05) is 16.9 Å². The normalized spacial score (nSPS) is 21.6. The van der Waals surface area contributed by atoms with Gasteiger partial charge >= 0.3 is 0 Å². The summed E-state index contributed by atoms with van der Waals surface area (Å²) in [5.41, 5.74) is 1.86. The summed E-state index contributed by atoms with van der Waals surface area (Å²) in [4.78, 5) is 50.8. The van der Waals surface area contributed by atoms with Gasteiger partial charge in [0.1, 0.15) is 6.04 Å². The third kappa shape index (κ3) is 3.56. The summed E-state index contributed by atoms with van der Waals surface area (Å²) < 4.78 is 1.99. The van der Waals surface area contributed by atoms with Gasteiger partial charge in [-0.15, -0.1) is 0 Å². The van der Waals surface area contributed by atoms with Crippen LogP contribution in [-0.2, 0) is 16.1 Å². The Bertz CT molecular complexity index is 1100. The maximum atomic E-state index is 13.2. The van der Waals surface area contributed by atoms with Gasteiger partial charge in [0, 0.05) is 18.3 Å². The maximum Gasteiger partial charge on any atom is 0.264 e. The van der Waals surface area contributed by atoms with E-state index in [9.17, 15) is 19.2 Å². The quantitative estimate of drug-likeness (QED) is 0.593. The zero-order valence-corrected chi connectivity index (χ0v) is 17.5. The van der Waals surface area contributed by atoms with E-state index >= 15 is 0 Å². The number of carbonyl (C=O) groups is 4. The van der Waals surface area contributed by atoms with Gasteiger partial charge in [-0.2, -0.15) is 5.10 Å². The first kappa shape index (κ1) is 20.4. The summed E-state index contributed by atoms with van der Waals surface area (Å²) in [7, 11) is 0. The molecule has 2 saturated heterocycles. The Kier molecular flexibility index (Phi) is 5.22. The van der Waals surface area contributed by atoms with Crippen molar-refractivity contribution in [1.29, 1.82) is 0 Å². The Morgan fingerprint density at radius 3 is 2.62 bits per heavy atom. The molecule has 1 aromatic heterocycles. The Morgan fingerprint density at radius 2 is 1.84 bits per heavy atom. The average Bonchev–Trinajstić information content (AvgIpc) is 3.37. The second-order valence-corrected chi connectivity index (χ2v) is 8.30. The van der Waals surface area contributed by atoms with Gasteiger partial charge < -0.3 is 10.6 Å². The molecule has 1 unspecified atom stereocenters. The van der Waals surface area contributed by atoms with Crippen molar-refractivity contribution in [3.05, 3.63) is 47.3 Å². The van der Waals surface area contributed by atoms with Gasteiger partial charge in [0.2, 0.25) is 11.8 Å². The number of anilines is 1. The van der Waals surface area contributed by atoms with E-state index in [2.05, 4.69) is 21.0 Å². The lowest BCUT2D eigenvalue weighted by atomic mass is 10.0. The molecular formula is C22H24N6O4. The highest BCUT2D eigenvalue weighted by molar-refractivity contribution is 6.25.